The van der Waals surface area contributed by atoms with Gasteiger partial charge < -0.3 is 25.0 Å². The molecular formula is C20H21FN4O4S. The van der Waals surface area contributed by atoms with Crippen molar-refractivity contribution in [1.82, 2.24) is 9.72 Å². The number of carboxylic acid groups (broad SMARTS) is 1. The van der Waals surface area contributed by atoms with Crippen LogP contribution < -0.4 is 20.5 Å². The molecule has 2 aliphatic rings. The Morgan fingerprint density at radius 1 is 1.43 bits per heavy atom. The summed E-state index contributed by atoms with van der Waals surface area (Å²) in [7, 11) is 3.71. The Bertz CT molecular complexity index is 1250. The lowest BCUT2D eigenvalue weighted by Gasteiger charge is -2.38. The van der Waals surface area contributed by atoms with Crippen molar-refractivity contribution in [2.24, 2.45) is 0 Å². The van der Waals surface area contributed by atoms with E-state index in [1.807, 2.05) is 33.7 Å². The van der Waals surface area contributed by atoms with E-state index in [1.165, 1.54) is 17.4 Å². The van der Waals surface area contributed by atoms with Gasteiger partial charge in [0, 0.05) is 32.1 Å². The molecule has 1 atom stereocenters. The highest BCUT2D eigenvalue weighted by molar-refractivity contribution is 7.16. The van der Waals surface area contributed by atoms with Crippen LogP contribution in [0.4, 0.5) is 15.8 Å². The zero-order chi connectivity index (χ0) is 21.2. The third-order valence-corrected chi connectivity index (χ3v) is 6.79. The van der Waals surface area contributed by atoms with Gasteiger partial charge in [0.2, 0.25) is 5.43 Å². The molecular weight excluding hydrogens is 411 g/mol. The van der Waals surface area contributed by atoms with Gasteiger partial charge in [0.25, 0.3) is 0 Å². The normalized spacial score (nSPS) is 18.7. The Morgan fingerprint density at radius 2 is 2.23 bits per heavy atom. The number of ether oxygens (including phenoxy) is 1. The molecule has 2 N–H and O–H groups in total. The number of morpholine rings is 1. The summed E-state index contributed by atoms with van der Waals surface area (Å²) in [5.41, 5.74) is 1.54. The number of pyridine rings is 1. The number of likely N-dealkylation sites (N-methyl/N-ethyl adjacent to an activating group) is 1. The monoisotopic (exact) mass is 432 g/mol. The summed E-state index contributed by atoms with van der Waals surface area (Å²) in [6.07, 6.45) is -0.0752. The van der Waals surface area contributed by atoms with Crippen LogP contribution in [0, 0.1) is 5.82 Å². The number of nitrogens with one attached hydrogen (secondary N) is 1. The van der Waals surface area contributed by atoms with E-state index in [2.05, 4.69) is 5.32 Å². The van der Waals surface area contributed by atoms with Crippen molar-refractivity contribution in [2.75, 3.05) is 50.1 Å². The summed E-state index contributed by atoms with van der Waals surface area (Å²) in [6.45, 7) is 2.67. The van der Waals surface area contributed by atoms with Gasteiger partial charge in [0.1, 0.15) is 16.2 Å². The smallest absolute Gasteiger partial charge is 0.342 e. The summed E-state index contributed by atoms with van der Waals surface area (Å²) >= 11 is 1.23. The molecule has 0 bridgehead atoms. The van der Waals surface area contributed by atoms with Crippen molar-refractivity contribution < 1.29 is 19.0 Å². The highest BCUT2D eigenvalue weighted by Gasteiger charge is 2.33. The standard InChI is InChI=1S/C20H21FN4O4S/c1-22-6-11-8-24(3-4-29-11)16-13(21)5-12-15-17(16)23(2)7-10-9-30-19(25(10)15)14(18(12)26)20(27)28/h5,9,11,22H,3-4,6-8H2,1-2H3,(H,27,28). The van der Waals surface area contributed by atoms with Gasteiger partial charge in [0.15, 0.2) is 0 Å². The van der Waals surface area contributed by atoms with E-state index >= 15 is 4.39 Å². The molecule has 30 heavy (non-hydrogen) atoms. The molecule has 3 aromatic rings. The Morgan fingerprint density at radius 3 is 2.97 bits per heavy atom. The molecule has 4 heterocycles. The van der Waals surface area contributed by atoms with Crippen LogP contribution >= 0.6 is 11.3 Å². The van der Waals surface area contributed by atoms with E-state index in [9.17, 15) is 14.7 Å². The largest absolute Gasteiger partial charge is 0.477 e. The number of nitrogens with zero attached hydrogens (tertiary/aromatic N) is 3. The van der Waals surface area contributed by atoms with Crippen molar-refractivity contribution >= 4 is 44.4 Å². The van der Waals surface area contributed by atoms with Crippen LogP contribution in [0.3, 0.4) is 0 Å². The van der Waals surface area contributed by atoms with Gasteiger partial charge in [0.05, 0.1) is 47.2 Å². The molecule has 0 aliphatic carbocycles. The number of rotatable bonds is 4. The predicted molar refractivity (Wildman–Crippen MR) is 114 cm³/mol. The molecule has 0 radical (unpaired) electrons. The Kier molecular flexibility index (Phi) is 4.46. The van der Waals surface area contributed by atoms with Gasteiger partial charge in [-0.2, -0.15) is 0 Å². The van der Waals surface area contributed by atoms with Crippen molar-refractivity contribution in [2.45, 2.75) is 12.6 Å². The molecule has 0 saturated carbocycles. The number of anilines is 2. The van der Waals surface area contributed by atoms with Gasteiger partial charge in [-0.05, 0) is 13.1 Å². The predicted octanol–water partition coefficient (Wildman–Crippen LogP) is 1.73. The number of carbonyl (C=O) groups is 1. The summed E-state index contributed by atoms with van der Waals surface area (Å²) in [4.78, 5) is 29.1. The van der Waals surface area contributed by atoms with E-state index in [0.29, 0.717) is 54.5 Å². The molecule has 2 aliphatic heterocycles. The lowest BCUT2D eigenvalue weighted by atomic mass is 10.0. The molecule has 8 nitrogen and oxygen atoms in total. The van der Waals surface area contributed by atoms with Gasteiger partial charge in [-0.15, -0.1) is 11.3 Å². The maximum Gasteiger partial charge on any atom is 0.342 e. The number of aromatic nitrogens is 1. The van der Waals surface area contributed by atoms with Crippen molar-refractivity contribution in [1.29, 1.82) is 0 Å². The Balaban J connectivity index is 1.83. The fraction of sp³-hybridized carbons (Fsp3) is 0.400. The minimum Gasteiger partial charge on any atom is -0.477 e. The van der Waals surface area contributed by atoms with E-state index in [-0.39, 0.29) is 17.1 Å². The van der Waals surface area contributed by atoms with Crippen molar-refractivity contribution in [3.63, 3.8) is 0 Å². The molecule has 1 unspecified atom stereocenters. The maximum atomic E-state index is 15.5. The topological polar surface area (TPSA) is 86.5 Å². The molecule has 158 valence electrons. The Hall–Kier alpha value is -2.69. The molecule has 2 aromatic heterocycles. The van der Waals surface area contributed by atoms with E-state index in [0.717, 1.165) is 5.69 Å². The first-order valence-corrected chi connectivity index (χ1v) is 10.6. The van der Waals surface area contributed by atoms with Crippen molar-refractivity contribution in [3.05, 3.63) is 38.7 Å². The summed E-state index contributed by atoms with van der Waals surface area (Å²) in [6, 6.07) is 1.19. The minimum atomic E-state index is -1.30. The molecule has 1 aromatic carbocycles. The first-order chi connectivity index (χ1) is 14.4. The highest BCUT2D eigenvalue weighted by Crippen LogP contribution is 2.43. The van der Waals surface area contributed by atoms with Gasteiger partial charge >= 0.3 is 5.97 Å². The fourth-order valence-electron chi connectivity index (χ4n) is 4.58. The van der Waals surface area contributed by atoms with Crippen LogP contribution in [0.2, 0.25) is 0 Å². The first kappa shape index (κ1) is 19.3. The molecule has 0 spiro atoms. The molecule has 1 saturated heterocycles. The van der Waals surface area contributed by atoms with Gasteiger partial charge in [-0.25, -0.2) is 9.18 Å². The SMILES string of the molecule is CNCC1CN(c2c(F)cc3c(=O)c(C(=O)O)c4scc5n4c3c2N(C)C5)CCO1. The molecule has 0 amide bonds. The zero-order valence-electron chi connectivity index (χ0n) is 16.6. The average Bonchev–Trinajstić information content (AvgIpc) is 3.11. The van der Waals surface area contributed by atoms with Gasteiger partial charge in [-0.1, -0.05) is 0 Å². The number of halogens is 1. The van der Waals surface area contributed by atoms with E-state index < -0.39 is 17.2 Å². The van der Waals surface area contributed by atoms with Crippen LogP contribution in [0.25, 0.3) is 15.7 Å². The number of benzene rings is 1. The quantitative estimate of drug-likeness (QED) is 0.649. The third-order valence-electron chi connectivity index (χ3n) is 5.79. The number of hydrogen-bond acceptors (Lipinski definition) is 7. The van der Waals surface area contributed by atoms with Crippen LogP contribution in [0.15, 0.2) is 16.2 Å². The first-order valence-electron chi connectivity index (χ1n) is 9.69. The highest BCUT2D eigenvalue weighted by atomic mass is 32.1. The molecule has 1 fully saturated rings. The third kappa shape index (κ3) is 2.64. The van der Waals surface area contributed by atoms with Crippen LogP contribution in [0.5, 0.6) is 0 Å². The summed E-state index contributed by atoms with van der Waals surface area (Å²) < 4.78 is 23.1. The number of thiazole rings is 1. The second-order valence-electron chi connectivity index (χ2n) is 7.68. The number of carboxylic acids is 1. The fourth-order valence-corrected chi connectivity index (χ4v) is 5.62. The molecule has 10 heteroatoms. The minimum absolute atomic E-state index is 0.0752. The summed E-state index contributed by atoms with van der Waals surface area (Å²) in [5.74, 6) is -1.82. The maximum absolute atomic E-state index is 15.5. The van der Waals surface area contributed by atoms with Crippen LogP contribution in [-0.2, 0) is 11.3 Å². The lowest BCUT2D eigenvalue weighted by molar-refractivity contribution is 0.0420. The van der Waals surface area contributed by atoms with E-state index in [4.69, 9.17) is 4.74 Å². The second-order valence-corrected chi connectivity index (χ2v) is 8.54. The van der Waals surface area contributed by atoms with Crippen LogP contribution in [0.1, 0.15) is 16.1 Å². The second kappa shape index (κ2) is 6.93. The lowest BCUT2D eigenvalue weighted by Crippen LogP contribution is -2.47. The van der Waals surface area contributed by atoms with E-state index in [1.54, 1.807) is 0 Å². The average molecular weight is 432 g/mol. The Labute approximate surface area is 175 Å². The van der Waals surface area contributed by atoms with Crippen molar-refractivity contribution in [3.8, 4) is 0 Å². The number of hydrogen-bond donors (Lipinski definition) is 2. The summed E-state index contributed by atoms with van der Waals surface area (Å²) in [5, 5.41) is 14.7. The van der Waals surface area contributed by atoms with Crippen LogP contribution in [-0.4, -0.2) is 61.9 Å². The molecule has 5 rings (SSSR count). The van der Waals surface area contributed by atoms with Gasteiger partial charge in [-0.3, -0.25) is 9.20 Å². The number of aromatic carboxylic acids is 1. The zero-order valence-corrected chi connectivity index (χ0v) is 17.4.